The third-order valence-corrected chi connectivity index (χ3v) is 5.24. The number of nitrogens with zero attached hydrogens (tertiary/aromatic N) is 1. The van der Waals surface area contributed by atoms with Crippen LogP contribution in [0.2, 0.25) is 0 Å². The first-order valence-electron chi connectivity index (χ1n) is 9.97. The van der Waals surface area contributed by atoms with Crippen molar-refractivity contribution in [2.75, 3.05) is 31.8 Å². The Hall–Kier alpha value is -3.82. The molecule has 32 heavy (non-hydrogen) atoms. The fraction of sp³-hybridized carbons (Fsp3) is 0.364. The van der Waals surface area contributed by atoms with Gasteiger partial charge in [0, 0.05) is 11.3 Å². The Morgan fingerprint density at radius 2 is 1.72 bits per heavy atom. The number of carbonyl (C=O) groups is 4. The largest absolute Gasteiger partial charge is 0.465 e. The maximum atomic E-state index is 14.0. The molecule has 1 aromatic rings. The molecule has 0 fully saturated rings. The molecule has 170 valence electrons. The number of amides is 1. The highest BCUT2D eigenvalue weighted by Crippen LogP contribution is 2.54. The third kappa shape index (κ3) is 3.28. The van der Waals surface area contributed by atoms with Gasteiger partial charge in [0.25, 0.3) is 0 Å². The van der Waals surface area contributed by atoms with Gasteiger partial charge in [0.2, 0.25) is 11.8 Å². The predicted octanol–water partition coefficient (Wildman–Crippen LogP) is 1.04. The lowest BCUT2D eigenvalue weighted by Crippen LogP contribution is -2.51. The summed E-state index contributed by atoms with van der Waals surface area (Å²) >= 11 is 0. The molecular weight excluding hydrogens is 420 g/mol. The Morgan fingerprint density at radius 3 is 2.34 bits per heavy atom. The Labute approximate surface area is 184 Å². The number of rotatable bonds is 6. The van der Waals surface area contributed by atoms with Gasteiger partial charge in [0.05, 0.1) is 20.3 Å². The summed E-state index contributed by atoms with van der Waals surface area (Å²) in [6, 6.07) is 6.47. The van der Waals surface area contributed by atoms with Crippen molar-refractivity contribution in [2.45, 2.75) is 26.2 Å². The van der Waals surface area contributed by atoms with Crippen molar-refractivity contribution >= 4 is 29.5 Å². The van der Waals surface area contributed by atoms with Crippen LogP contribution >= 0.6 is 0 Å². The molecule has 1 atom stereocenters. The zero-order valence-corrected chi connectivity index (χ0v) is 18.2. The van der Waals surface area contributed by atoms with Crippen molar-refractivity contribution in [3.05, 3.63) is 52.6 Å². The van der Waals surface area contributed by atoms with Gasteiger partial charge in [0.1, 0.15) is 28.9 Å². The maximum Gasteiger partial charge on any atom is 0.340 e. The first-order chi connectivity index (χ1) is 15.2. The third-order valence-electron chi connectivity index (χ3n) is 5.24. The van der Waals surface area contributed by atoms with Gasteiger partial charge in [-0.3, -0.25) is 14.5 Å². The van der Waals surface area contributed by atoms with Crippen molar-refractivity contribution < 1.29 is 38.1 Å². The molecule has 0 unspecified atom stereocenters. The summed E-state index contributed by atoms with van der Waals surface area (Å²) in [6.07, 6.45) is 0. The Bertz CT molecular complexity index is 1060. The lowest BCUT2D eigenvalue weighted by Gasteiger charge is -2.36. The number of esters is 3. The quantitative estimate of drug-likeness (QED) is 0.504. The van der Waals surface area contributed by atoms with E-state index < -0.39 is 35.8 Å². The van der Waals surface area contributed by atoms with E-state index in [0.717, 1.165) is 12.0 Å². The van der Waals surface area contributed by atoms with Crippen LogP contribution < -0.4 is 10.6 Å². The average molecular weight is 444 g/mol. The van der Waals surface area contributed by atoms with Gasteiger partial charge >= 0.3 is 17.9 Å². The van der Waals surface area contributed by atoms with Crippen LogP contribution in [-0.2, 0) is 43.5 Å². The molecule has 2 heterocycles. The van der Waals surface area contributed by atoms with Crippen molar-refractivity contribution in [3.63, 3.8) is 0 Å². The zero-order chi connectivity index (χ0) is 23.6. The van der Waals surface area contributed by atoms with Crippen molar-refractivity contribution in [1.82, 2.24) is 0 Å². The highest BCUT2D eigenvalue weighted by molar-refractivity contribution is 6.23. The van der Waals surface area contributed by atoms with Gasteiger partial charge in [0.15, 0.2) is 0 Å². The van der Waals surface area contributed by atoms with Gasteiger partial charge in [-0.15, -0.1) is 0 Å². The van der Waals surface area contributed by atoms with Crippen LogP contribution in [0, 0.1) is 0 Å². The summed E-state index contributed by atoms with van der Waals surface area (Å²) in [6.45, 7) is 4.39. The molecule has 0 bridgehead atoms. The summed E-state index contributed by atoms with van der Waals surface area (Å²) in [5.41, 5.74) is 4.05. The van der Waals surface area contributed by atoms with Gasteiger partial charge in [-0.2, -0.15) is 0 Å². The number of carbonyl (C=O) groups excluding carboxylic acids is 4. The Balaban J connectivity index is 2.36. The van der Waals surface area contributed by atoms with E-state index in [9.17, 15) is 19.2 Å². The van der Waals surface area contributed by atoms with Gasteiger partial charge in [-0.1, -0.05) is 18.2 Å². The molecule has 10 heteroatoms. The Morgan fingerprint density at radius 1 is 1.06 bits per heavy atom. The SMILES string of the molecule is CCOC(=O)CN1C(=O)[C@@]2(C(C(=O)OCC)=C(C)OC(N)=C2C(=O)OC)c2ccccc21. The second-order valence-electron chi connectivity index (χ2n) is 6.95. The average Bonchev–Trinajstić information content (AvgIpc) is 2.97. The summed E-state index contributed by atoms with van der Waals surface area (Å²) in [5.74, 6) is -3.62. The number of hydrogen-bond donors (Lipinski definition) is 1. The number of hydrogen-bond acceptors (Lipinski definition) is 9. The Kier molecular flexibility index (Phi) is 6.24. The van der Waals surface area contributed by atoms with Crippen molar-refractivity contribution in [1.29, 1.82) is 0 Å². The van der Waals surface area contributed by atoms with E-state index in [1.807, 2.05) is 0 Å². The van der Waals surface area contributed by atoms with E-state index in [2.05, 4.69) is 0 Å². The van der Waals surface area contributed by atoms with Crippen LogP contribution in [0.3, 0.4) is 0 Å². The minimum absolute atomic E-state index is 0.00487. The lowest BCUT2D eigenvalue weighted by molar-refractivity contribution is -0.143. The molecule has 1 aromatic carbocycles. The predicted molar refractivity (Wildman–Crippen MR) is 111 cm³/mol. The number of benzene rings is 1. The highest BCUT2D eigenvalue weighted by atomic mass is 16.5. The number of nitrogens with two attached hydrogens (primary N) is 1. The molecule has 1 amide bonds. The first kappa shape index (κ1) is 22.9. The summed E-state index contributed by atoms with van der Waals surface area (Å²) in [5, 5.41) is 0. The van der Waals surface area contributed by atoms with Crippen molar-refractivity contribution in [3.8, 4) is 0 Å². The van der Waals surface area contributed by atoms with Gasteiger partial charge < -0.3 is 24.7 Å². The second-order valence-corrected chi connectivity index (χ2v) is 6.95. The standard InChI is InChI=1S/C22H24N2O8/c1-5-30-15(25)11-24-14-10-8-7-9-13(14)22(21(24)28)16(20(27)31-6-2)12(3)32-18(23)17(22)19(26)29-4/h7-10H,5-6,11,23H2,1-4H3/t22-/m1/s1. The number of allylic oxidation sites excluding steroid dienone is 1. The molecule has 3 rings (SSSR count). The minimum atomic E-state index is -2.02. The second kappa shape index (κ2) is 8.74. The molecular formula is C22H24N2O8. The van der Waals surface area contributed by atoms with Gasteiger partial charge in [-0.25, -0.2) is 9.59 Å². The van der Waals surface area contributed by atoms with Crippen LogP contribution in [0.4, 0.5) is 5.69 Å². The number of methoxy groups -OCH3 is 1. The lowest BCUT2D eigenvalue weighted by atomic mass is 9.67. The molecule has 10 nitrogen and oxygen atoms in total. The monoisotopic (exact) mass is 444 g/mol. The van der Waals surface area contributed by atoms with Gasteiger partial charge in [-0.05, 0) is 26.8 Å². The van der Waals surface area contributed by atoms with Crippen LogP contribution in [0.25, 0.3) is 0 Å². The molecule has 2 aliphatic rings. The van der Waals surface area contributed by atoms with E-state index in [1.165, 1.54) is 6.92 Å². The number of fused-ring (bicyclic) bond motifs is 2. The number of anilines is 1. The fourth-order valence-corrected chi connectivity index (χ4v) is 4.13. The van der Waals surface area contributed by atoms with E-state index in [4.69, 9.17) is 24.7 Å². The molecule has 0 saturated heterocycles. The van der Waals surface area contributed by atoms with E-state index in [0.29, 0.717) is 5.69 Å². The summed E-state index contributed by atoms with van der Waals surface area (Å²) < 4.78 is 20.6. The molecule has 0 aromatic heterocycles. The number of ether oxygens (including phenoxy) is 4. The van der Waals surface area contributed by atoms with Crippen molar-refractivity contribution in [2.24, 2.45) is 5.73 Å². The van der Waals surface area contributed by atoms with E-state index in [1.54, 1.807) is 38.1 Å². The molecule has 0 aliphatic carbocycles. The highest BCUT2D eigenvalue weighted by Gasteiger charge is 2.64. The minimum Gasteiger partial charge on any atom is -0.465 e. The van der Waals surface area contributed by atoms with Crippen LogP contribution in [0.15, 0.2) is 47.1 Å². The van der Waals surface area contributed by atoms with Crippen LogP contribution in [0.5, 0.6) is 0 Å². The van der Waals surface area contributed by atoms with Crippen LogP contribution in [0.1, 0.15) is 26.3 Å². The van der Waals surface area contributed by atoms with E-state index in [-0.39, 0.29) is 41.6 Å². The summed E-state index contributed by atoms with van der Waals surface area (Å²) in [4.78, 5) is 53.4. The number of para-hydroxylation sites is 1. The first-order valence-corrected chi connectivity index (χ1v) is 9.97. The normalized spacial score (nSPS) is 19.6. The molecule has 2 aliphatic heterocycles. The smallest absolute Gasteiger partial charge is 0.340 e. The fourth-order valence-electron chi connectivity index (χ4n) is 4.13. The molecule has 0 saturated carbocycles. The molecule has 2 N–H and O–H groups in total. The zero-order valence-electron chi connectivity index (χ0n) is 18.2. The maximum absolute atomic E-state index is 14.0. The molecule has 0 radical (unpaired) electrons. The summed E-state index contributed by atoms with van der Waals surface area (Å²) in [7, 11) is 1.12. The molecule has 1 spiro atoms. The van der Waals surface area contributed by atoms with E-state index >= 15 is 0 Å². The topological polar surface area (TPSA) is 134 Å². The van der Waals surface area contributed by atoms with Crippen LogP contribution in [-0.4, -0.2) is 50.7 Å².